The Kier molecular flexibility index (Phi) is 3.55. The molecule has 2 fully saturated rings. The smallest absolute Gasteiger partial charge is 0.146 e. The molecular weight excluding hydrogens is 340 g/mol. The van der Waals surface area contributed by atoms with E-state index in [0.29, 0.717) is 22.2 Å². The molecule has 1 spiro atoms. The van der Waals surface area contributed by atoms with Crippen molar-refractivity contribution in [3.05, 3.63) is 42.4 Å². The summed E-state index contributed by atoms with van der Waals surface area (Å²) in [6.45, 7) is 4.41. The van der Waals surface area contributed by atoms with Crippen molar-refractivity contribution in [2.75, 3.05) is 38.2 Å². The number of hydrogen-bond acceptors (Lipinski definition) is 6. The molecular formula is C20H20N6O. The average molecular weight is 360 g/mol. The summed E-state index contributed by atoms with van der Waals surface area (Å²) in [6, 6.07) is 8.23. The molecule has 2 aliphatic heterocycles. The minimum Gasteiger partial charge on any atom is -0.494 e. The third kappa shape index (κ3) is 2.53. The Morgan fingerprint density at radius 2 is 2.15 bits per heavy atom. The summed E-state index contributed by atoms with van der Waals surface area (Å²) in [6.07, 6.45) is 6.61. The third-order valence-electron chi connectivity index (χ3n) is 5.71. The van der Waals surface area contributed by atoms with Gasteiger partial charge in [0.05, 0.1) is 13.3 Å². The fourth-order valence-electron chi connectivity index (χ4n) is 4.21. The number of ether oxygens (including phenoxy) is 1. The summed E-state index contributed by atoms with van der Waals surface area (Å²) in [5, 5.41) is 17.0. The molecule has 5 rings (SSSR count). The highest BCUT2D eigenvalue weighted by Gasteiger charge is 2.45. The van der Waals surface area contributed by atoms with E-state index >= 15 is 0 Å². The van der Waals surface area contributed by atoms with E-state index in [1.807, 2.05) is 18.5 Å². The highest BCUT2D eigenvalue weighted by molar-refractivity contribution is 5.75. The second kappa shape index (κ2) is 5.96. The second-order valence-corrected chi connectivity index (χ2v) is 7.45. The van der Waals surface area contributed by atoms with Crippen LogP contribution >= 0.6 is 0 Å². The van der Waals surface area contributed by atoms with E-state index in [9.17, 15) is 5.26 Å². The zero-order chi connectivity index (χ0) is 18.4. The van der Waals surface area contributed by atoms with Crippen molar-refractivity contribution >= 4 is 11.3 Å². The van der Waals surface area contributed by atoms with Crippen LogP contribution in [0.4, 0.5) is 5.82 Å². The van der Waals surface area contributed by atoms with Crippen molar-refractivity contribution in [1.29, 1.82) is 5.26 Å². The van der Waals surface area contributed by atoms with Gasteiger partial charge in [-0.15, -0.1) is 0 Å². The highest BCUT2D eigenvalue weighted by atomic mass is 16.5. The first-order chi connectivity index (χ1) is 13.2. The first kappa shape index (κ1) is 16.1. The van der Waals surface area contributed by atoms with Gasteiger partial charge in [-0.2, -0.15) is 10.4 Å². The maximum absolute atomic E-state index is 9.24. The third-order valence-corrected chi connectivity index (χ3v) is 5.71. The lowest BCUT2D eigenvalue weighted by atomic mass is 9.79. The van der Waals surface area contributed by atoms with E-state index in [-0.39, 0.29) is 0 Å². The standard InChI is InChI=1S/C20H20N6O/c1-27-17-6-15(10-26-19(17)16(7-21)9-24-26)14-2-3-18(23-8-14)25-12-20(13-25)4-5-22-11-20/h2-3,6,8-10,22H,4-5,11-13H2,1H3. The molecule has 1 N–H and O–H groups in total. The van der Waals surface area contributed by atoms with Crippen LogP contribution in [0.1, 0.15) is 12.0 Å². The summed E-state index contributed by atoms with van der Waals surface area (Å²) in [5.74, 6) is 1.65. The molecule has 3 aromatic heterocycles. The lowest BCUT2D eigenvalue weighted by Gasteiger charge is -2.48. The van der Waals surface area contributed by atoms with Crippen molar-refractivity contribution in [2.24, 2.45) is 5.41 Å². The number of methoxy groups -OCH3 is 1. The van der Waals surface area contributed by atoms with Gasteiger partial charge in [0.2, 0.25) is 0 Å². The molecule has 5 heterocycles. The van der Waals surface area contributed by atoms with Gasteiger partial charge >= 0.3 is 0 Å². The van der Waals surface area contributed by atoms with Crippen LogP contribution in [0, 0.1) is 16.7 Å². The molecule has 0 radical (unpaired) electrons. The van der Waals surface area contributed by atoms with Gasteiger partial charge in [-0.3, -0.25) is 0 Å². The van der Waals surface area contributed by atoms with Crippen molar-refractivity contribution < 1.29 is 4.74 Å². The number of aromatic nitrogens is 3. The Morgan fingerprint density at radius 3 is 2.81 bits per heavy atom. The lowest BCUT2D eigenvalue weighted by molar-refractivity contribution is 0.242. The predicted molar refractivity (Wildman–Crippen MR) is 102 cm³/mol. The fourth-order valence-corrected chi connectivity index (χ4v) is 4.21. The predicted octanol–water partition coefficient (Wildman–Crippen LogP) is 2.08. The van der Waals surface area contributed by atoms with Crippen LogP contribution < -0.4 is 15.0 Å². The molecule has 27 heavy (non-hydrogen) atoms. The second-order valence-electron chi connectivity index (χ2n) is 7.45. The van der Waals surface area contributed by atoms with Crippen LogP contribution in [0.3, 0.4) is 0 Å². The molecule has 0 amide bonds. The SMILES string of the molecule is COc1cc(-c2ccc(N3CC4(CCNC4)C3)nc2)cn2ncc(C#N)c12. The largest absolute Gasteiger partial charge is 0.494 e. The topological polar surface area (TPSA) is 78.5 Å². The Hall–Kier alpha value is -3.11. The number of pyridine rings is 2. The number of rotatable bonds is 3. The van der Waals surface area contributed by atoms with Gasteiger partial charge in [0.25, 0.3) is 0 Å². The molecule has 0 saturated carbocycles. The molecule has 0 bridgehead atoms. The number of nitriles is 1. The Labute approximate surface area is 157 Å². The summed E-state index contributed by atoms with van der Waals surface area (Å²) in [4.78, 5) is 7.01. The van der Waals surface area contributed by atoms with Gasteiger partial charge in [0.15, 0.2) is 0 Å². The number of hydrogen-bond donors (Lipinski definition) is 1. The summed E-state index contributed by atoms with van der Waals surface area (Å²) >= 11 is 0. The van der Waals surface area contributed by atoms with Gasteiger partial charge in [-0.25, -0.2) is 9.50 Å². The number of nitrogens with zero attached hydrogens (tertiary/aromatic N) is 5. The van der Waals surface area contributed by atoms with E-state index in [0.717, 1.165) is 43.1 Å². The molecule has 0 unspecified atom stereocenters. The molecule has 2 saturated heterocycles. The first-order valence-electron chi connectivity index (χ1n) is 9.09. The first-order valence-corrected chi connectivity index (χ1v) is 9.09. The van der Waals surface area contributed by atoms with E-state index in [1.165, 1.54) is 6.42 Å². The molecule has 0 atom stereocenters. The van der Waals surface area contributed by atoms with E-state index in [4.69, 9.17) is 4.74 Å². The van der Waals surface area contributed by atoms with Crippen LogP contribution in [-0.4, -0.2) is 47.9 Å². The lowest BCUT2D eigenvalue weighted by Crippen LogP contribution is -2.57. The molecule has 7 nitrogen and oxygen atoms in total. The Bertz CT molecular complexity index is 1030. The van der Waals surface area contributed by atoms with Gasteiger partial charge in [0.1, 0.15) is 28.7 Å². The van der Waals surface area contributed by atoms with Crippen LogP contribution in [-0.2, 0) is 0 Å². The van der Waals surface area contributed by atoms with Gasteiger partial charge in [-0.05, 0) is 31.2 Å². The minimum atomic E-state index is 0.456. The minimum absolute atomic E-state index is 0.456. The molecule has 7 heteroatoms. The number of nitrogens with one attached hydrogen (secondary N) is 1. The summed E-state index contributed by atoms with van der Waals surface area (Å²) in [5.41, 5.74) is 3.58. The average Bonchev–Trinajstić information content (AvgIpc) is 3.33. The van der Waals surface area contributed by atoms with Crippen molar-refractivity contribution in [1.82, 2.24) is 19.9 Å². The quantitative estimate of drug-likeness (QED) is 0.770. The van der Waals surface area contributed by atoms with Crippen molar-refractivity contribution in [2.45, 2.75) is 6.42 Å². The highest BCUT2D eigenvalue weighted by Crippen LogP contribution is 2.38. The molecule has 3 aromatic rings. The van der Waals surface area contributed by atoms with E-state index in [2.05, 4.69) is 38.5 Å². The van der Waals surface area contributed by atoms with E-state index in [1.54, 1.807) is 17.8 Å². The molecule has 0 aliphatic carbocycles. The van der Waals surface area contributed by atoms with E-state index < -0.39 is 0 Å². The summed E-state index contributed by atoms with van der Waals surface area (Å²) in [7, 11) is 1.60. The molecule has 136 valence electrons. The zero-order valence-electron chi connectivity index (χ0n) is 15.1. The van der Waals surface area contributed by atoms with Gasteiger partial charge in [0, 0.05) is 48.6 Å². The van der Waals surface area contributed by atoms with Crippen LogP contribution in [0.15, 0.2) is 36.8 Å². The summed E-state index contributed by atoms with van der Waals surface area (Å²) < 4.78 is 7.17. The monoisotopic (exact) mass is 360 g/mol. The normalized spacial score (nSPS) is 17.9. The maximum atomic E-state index is 9.24. The van der Waals surface area contributed by atoms with Crippen LogP contribution in [0.25, 0.3) is 16.6 Å². The van der Waals surface area contributed by atoms with Gasteiger partial charge in [-0.1, -0.05) is 0 Å². The Balaban J connectivity index is 1.43. The van der Waals surface area contributed by atoms with Crippen LogP contribution in [0.2, 0.25) is 0 Å². The fraction of sp³-hybridized carbons (Fsp3) is 0.350. The number of fused-ring (bicyclic) bond motifs is 1. The Morgan fingerprint density at radius 1 is 1.26 bits per heavy atom. The van der Waals surface area contributed by atoms with Crippen molar-refractivity contribution in [3.8, 4) is 22.9 Å². The zero-order valence-corrected chi connectivity index (χ0v) is 15.1. The molecule has 2 aliphatic rings. The van der Waals surface area contributed by atoms with Crippen LogP contribution in [0.5, 0.6) is 5.75 Å². The van der Waals surface area contributed by atoms with Crippen molar-refractivity contribution in [3.63, 3.8) is 0 Å². The maximum Gasteiger partial charge on any atom is 0.146 e. The van der Waals surface area contributed by atoms with Gasteiger partial charge < -0.3 is 15.0 Å². The molecule has 0 aromatic carbocycles. The number of anilines is 1.